The Morgan fingerprint density at radius 1 is 0.314 bits per heavy atom. The Bertz CT molecular complexity index is 753. The zero-order valence-corrected chi connectivity index (χ0v) is 34.4. The van der Waals surface area contributed by atoms with Crippen molar-refractivity contribution in [1.82, 2.24) is 0 Å². The van der Waals surface area contributed by atoms with Gasteiger partial charge in [-0.1, -0.05) is 213 Å². The predicted octanol–water partition coefficient (Wildman–Crippen LogP) is 14.1. The molecule has 0 saturated carbocycles. The second kappa shape index (κ2) is 41.2. The quantitative estimate of drug-likeness (QED) is 0.0355. The van der Waals surface area contributed by atoms with Crippen molar-refractivity contribution in [3.05, 3.63) is 0 Å². The minimum Gasteiger partial charge on any atom is -0.462 e. The summed E-state index contributed by atoms with van der Waals surface area (Å²) in [6.45, 7) is 6.57. The van der Waals surface area contributed by atoms with Gasteiger partial charge in [-0.15, -0.1) is 0 Å². The van der Waals surface area contributed by atoms with Gasteiger partial charge in [0, 0.05) is 19.3 Å². The molecule has 302 valence electrons. The van der Waals surface area contributed by atoms with E-state index in [0.717, 1.165) is 64.2 Å². The fraction of sp³-hybridized carbons (Fsp3) is 0.933. The van der Waals surface area contributed by atoms with Crippen molar-refractivity contribution in [1.29, 1.82) is 0 Å². The Kier molecular flexibility index (Phi) is 39.9. The second-order valence-corrected chi connectivity index (χ2v) is 15.3. The van der Waals surface area contributed by atoms with E-state index < -0.39 is 6.10 Å². The smallest absolute Gasteiger partial charge is 0.306 e. The summed E-state index contributed by atoms with van der Waals surface area (Å²) < 4.78 is 16.6. The Hall–Kier alpha value is -1.59. The molecule has 0 amide bonds. The fourth-order valence-electron chi connectivity index (χ4n) is 6.68. The molecule has 0 aliphatic rings. The summed E-state index contributed by atoms with van der Waals surface area (Å²) in [6, 6.07) is 0. The van der Waals surface area contributed by atoms with Gasteiger partial charge in [0.15, 0.2) is 6.10 Å². The third-order valence-corrected chi connectivity index (χ3v) is 10.1. The number of esters is 3. The molecule has 0 aliphatic heterocycles. The third kappa shape index (κ3) is 39.5. The molecule has 0 rings (SSSR count). The zero-order valence-electron chi connectivity index (χ0n) is 34.4. The van der Waals surface area contributed by atoms with Crippen molar-refractivity contribution < 1.29 is 28.6 Å². The first-order valence-corrected chi connectivity index (χ1v) is 22.5. The Balaban J connectivity index is 4.16. The Morgan fingerprint density at radius 3 is 0.784 bits per heavy atom. The van der Waals surface area contributed by atoms with Gasteiger partial charge in [0.05, 0.1) is 0 Å². The molecule has 0 spiro atoms. The maximum absolute atomic E-state index is 12.6. The van der Waals surface area contributed by atoms with Crippen molar-refractivity contribution in [2.75, 3.05) is 13.2 Å². The first kappa shape index (κ1) is 49.4. The molecule has 6 nitrogen and oxygen atoms in total. The summed E-state index contributed by atoms with van der Waals surface area (Å²) in [4.78, 5) is 37.4. The van der Waals surface area contributed by atoms with E-state index in [1.807, 2.05) is 0 Å². The first-order valence-electron chi connectivity index (χ1n) is 22.5. The van der Waals surface area contributed by atoms with Gasteiger partial charge in [0.1, 0.15) is 13.2 Å². The van der Waals surface area contributed by atoms with Crippen LogP contribution < -0.4 is 0 Å². The van der Waals surface area contributed by atoms with E-state index in [1.54, 1.807) is 0 Å². The van der Waals surface area contributed by atoms with Gasteiger partial charge in [0.2, 0.25) is 0 Å². The van der Waals surface area contributed by atoms with Gasteiger partial charge < -0.3 is 14.2 Å². The van der Waals surface area contributed by atoms with Crippen LogP contribution >= 0.6 is 0 Å². The predicted molar refractivity (Wildman–Crippen MR) is 215 cm³/mol. The molecule has 0 fully saturated rings. The standard InChI is InChI=1S/C45H86O6/c1-4-7-10-13-15-17-19-21-22-23-24-26-27-29-32-35-38-44(47)50-41-42(40-49-43(46)37-34-31-12-9-6-3)51-45(48)39-36-33-30-28-25-20-18-16-14-11-8-5-2/h42H,4-41H2,1-3H3/t42-/m1/s1. The number of rotatable bonds is 41. The highest BCUT2D eigenvalue weighted by molar-refractivity contribution is 5.71. The highest BCUT2D eigenvalue weighted by atomic mass is 16.6. The molecule has 0 unspecified atom stereocenters. The van der Waals surface area contributed by atoms with E-state index in [-0.39, 0.29) is 31.1 Å². The van der Waals surface area contributed by atoms with Crippen LogP contribution in [0.3, 0.4) is 0 Å². The van der Waals surface area contributed by atoms with E-state index in [9.17, 15) is 14.4 Å². The van der Waals surface area contributed by atoms with Crippen LogP contribution in [0.25, 0.3) is 0 Å². The van der Waals surface area contributed by atoms with Crippen molar-refractivity contribution in [2.24, 2.45) is 0 Å². The minimum atomic E-state index is -0.756. The molecule has 0 bridgehead atoms. The normalized spacial score (nSPS) is 11.8. The number of carbonyl (C=O) groups excluding carboxylic acids is 3. The summed E-state index contributed by atoms with van der Waals surface area (Å²) in [5.74, 6) is -0.867. The molecule has 51 heavy (non-hydrogen) atoms. The number of unbranched alkanes of at least 4 members (excludes halogenated alkanes) is 30. The summed E-state index contributed by atoms with van der Waals surface area (Å²) in [7, 11) is 0. The minimum absolute atomic E-state index is 0.0638. The maximum atomic E-state index is 12.6. The van der Waals surface area contributed by atoms with Crippen molar-refractivity contribution in [2.45, 2.75) is 258 Å². The van der Waals surface area contributed by atoms with E-state index >= 15 is 0 Å². The molecule has 0 saturated heterocycles. The van der Waals surface area contributed by atoms with Crippen LogP contribution in [0.4, 0.5) is 0 Å². The highest BCUT2D eigenvalue weighted by Gasteiger charge is 2.19. The SMILES string of the molecule is CCCCCCCCCCCCCCCCCCC(=O)OC[C@@H](COC(=O)CCCCCCC)OC(=O)CCCCCCCCCCCCCC. The average molecular weight is 723 g/mol. The molecular weight excluding hydrogens is 636 g/mol. The van der Waals surface area contributed by atoms with Crippen molar-refractivity contribution in [3.63, 3.8) is 0 Å². The lowest BCUT2D eigenvalue weighted by molar-refractivity contribution is -0.167. The molecule has 0 aromatic carbocycles. The summed E-state index contributed by atoms with van der Waals surface area (Å²) in [5.41, 5.74) is 0. The van der Waals surface area contributed by atoms with Crippen LogP contribution in [-0.4, -0.2) is 37.2 Å². The topological polar surface area (TPSA) is 78.9 Å². The van der Waals surface area contributed by atoms with Crippen LogP contribution in [0.15, 0.2) is 0 Å². The summed E-state index contributed by atoms with van der Waals surface area (Å²) in [6.07, 6.45) is 41.1. The van der Waals surface area contributed by atoms with Gasteiger partial charge in [-0.05, 0) is 19.3 Å². The number of carbonyl (C=O) groups is 3. The molecule has 0 N–H and O–H groups in total. The van der Waals surface area contributed by atoms with Crippen molar-refractivity contribution in [3.8, 4) is 0 Å². The van der Waals surface area contributed by atoms with Gasteiger partial charge >= 0.3 is 17.9 Å². The summed E-state index contributed by atoms with van der Waals surface area (Å²) >= 11 is 0. The lowest BCUT2D eigenvalue weighted by atomic mass is 10.0. The molecule has 0 heterocycles. The number of hydrogen-bond donors (Lipinski definition) is 0. The Labute approximate surface area is 317 Å². The lowest BCUT2D eigenvalue weighted by Gasteiger charge is -2.18. The van der Waals surface area contributed by atoms with Gasteiger partial charge in [-0.3, -0.25) is 14.4 Å². The van der Waals surface area contributed by atoms with Crippen molar-refractivity contribution >= 4 is 17.9 Å². The van der Waals surface area contributed by atoms with E-state index in [0.29, 0.717) is 19.3 Å². The maximum Gasteiger partial charge on any atom is 0.306 e. The highest BCUT2D eigenvalue weighted by Crippen LogP contribution is 2.16. The lowest BCUT2D eigenvalue weighted by Crippen LogP contribution is -2.30. The Morgan fingerprint density at radius 2 is 0.529 bits per heavy atom. The van der Waals surface area contributed by atoms with Crippen LogP contribution in [0, 0.1) is 0 Å². The zero-order chi connectivity index (χ0) is 37.3. The van der Waals surface area contributed by atoms with E-state index in [4.69, 9.17) is 14.2 Å². The number of ether oxygens (including phenoxy) is 3. The first-order chi connectivity index (χ1) is 25.0. The molecule has 6 heteroatoms. The third-order valence-electron chi connectivity index (χ3n) is 10.1. The molecule has 0 aromatic rings. The van der Waals surface area contributed by atoms with Gasteiger partial charge in [-0.25, -0.2) is 0 Å². The monoisotopic (exact) mass is 723 g/mol. The fourth-order valence-corrected chi connectivity index (χ4v) is 6.68. The molecule has 0 aliphatic carbocycles. The molecule has 0 radical (unpaired) electrons. The molecule has 0 aromatic heterocycles. The van der Waals surface area contributed by atoms with Crippen LogP contribution in [0.2, 0.25) is 0 Å². The van der Waals surface area contributed by atoms with E-state index in [1.165, 1.54) is 148 Å². The number of hydrogen-bond acceptors (Lipinski definition) is 6. The van der Waals surface area contributed by atoms with Gasteiger partial charge in [-0.2, -0.15) is 0 Å². The molecular formula is C45H86O6. The molecule has 1 atom stereocenters. The second-order valence-electron chi connectivity index (χ2n) is 15.3. The van der Waals surface area contributed by atoms with Gasteiger partial charge in [0.25, 0.3) is 0 Å². The van der Waals surface area contributed by atoms with E-state index in [2.05, 4.69) is 20.8 Å². The van der Waals surface area contributed by atoms with Crippen LogP contribution in [0.5, 0.6) is 0 Å². The largest absolute Gasteiger partial charge is 0.462 e. The average Bonchev–Trinajstić information content (AvgIpc) is 3.12. The van der Waals surface area contributed by atoms with Crippen LogP contribution in [0.1, 0.15) is 252 Å². The van der Waals surface area contributed by atoms with Crippen LogP contribution in [-0.2, 0) is 28.6 Å². The summed E-state index contributed by atoms with van der Waals surface area (Å²) in [5, 5.41) is 0.